The van der Waals surface area contributed by atoms with Gasteiger partial charge in [0.25, 0.3) is 0 Å². The van der Waals surface area contributed by atoms with Crippen molar-refractivity contribution in [2.24, 2.45) is 0 Å². The van der Waals surface area contributed by atoms with E-state index in [4.69, 9.17) is 9.47 Å². The smallest absolute Gasteiger partial charge is 0.428 e. The minimum atomic E-state index is -1.06. The number of rotatable bonds is 0. The van der Waals surface area contributed by atoms with Crippen LogP contribution in [0.1, 0.15) is 63.8 Å². The van der Waals surface area contributed by atoms with Crippen molar-refractivity contribution < 1.29 is 32.6 Å². The summed E-state index contributed by atoms with van der Waals surface area (Å²) in [6.45, 7) is 10.0. The third kappa shape index (κ3) is 9.73. The molecule has 0 unspecified atom stereocenters. The van der Waals surface area contributed by atoms with Gasteiger partial charge in [0.1, 0.15) is 22.8 Å². The average Bonchev–Trinajstić information content (AvgIpc) is 3.36. The molecular weight excluding hydrogens is 454 g/mol. The fourth-order valence-corrected chi connectivity index (χ4v) is 3.11. The van der Waals surface area contributed by atoms with Crippen LogP contribution >= 0.6 is 0 Å². The molecule has 0 N–H and O–H groups in total. The standard InChI is InChI=1S/C10H18O5.2C9H7F/c1-9(2,3)14-7(11)13-8(12)15-10(4,5)6;2*10-9-6-2-4-7-3-1-5-8(7)9/h1-6H3;2*1-2,4-6H,3H2. The van der Waals surface area contributed by atoms with Crippen molar-refractivity contribution >= 4 is 24.5 Å². The Hall–Kier alpha value is -3.48. The first-order valence-corrected chi connectivity index (χ1v) is 11.3. The summed E-state index contributed by atoms with van der Waals surface area (Å²) in [4.78, 5) is 22.0. The van der Waals surface area contributed by atoms with Crippen LogP contribution in [0.4, 0.5) is 18.4 Å². The van der Waals surface area contributed by atoms with Gasteiger partial charge in [-0.2, -0.15) is 0 Å². The van der Waals surface area contributed by atoms with Crippen LogP contribution in [-0.2, 0) is 27.1 Å². The minimum absolute atomic E-state index is 0.105. The fraction of sp³-hybridized carbons (Fsp3) is 0.357. The minimum Gasteiger partial charge on any atom is -0.428 e. The molecule has 0 aliphatic heterocycles. The Bertz CT molecular complexity index is 1020. The summed E-state index contributed by atoms with van der Waals surface area (Å²) in [5.41, 5.74) is 2.34. The number of halogens is 2. The summed E-state index contributed by atoms with van der Waals surface area (Å²) < 4.78 is 39.5. The summed E-state index contributed by atoms with van der Waals surface area (Å²) in [6, 6.07) is 10.4. The van der Waals surface area contributed by atoms with Gasteiger partial charge < -0.3 is 14.2 Å². The number of allylic oxidation sites excluding steroid dienone is 2. The lowest BCUT2D eigenvalue weighted by Gasteiger charge is -2.20. The van der Waals surface area contributed by atoms with Crippen LogP contribution in [0.5, 0.6) is 0 Å². The molecular formula is C28H32F2O5. The van der Waals surface area contributed by atoms with E-state index in [1.807, 2.05) is 36.4 Å². The van der Waals surface area contributed by atoms with Gasteiger partial charge >= 0.3 is 12.3 Å². The summed E-state index contributed by atoms with van der Waals surface area (Å²) in [6.07, 6.45) is 7.28. The van der Waals surface area contributed by atoms with Gasteiger partial charge in [-0.1, -0.05) is 48.6 Å². The van der Waals surface area contributed by atoms with Crippen LogP contribution in [0.25, 0.3) is 12.2 Å². The van der Waals surface area contributed by atoms with E-state index in [0.29, 0.717) is 0 Å². The molecule has 2 aliphatic carbocycles. The largest absolute Gasteiger partial charge is 0.519 e. The zero-order valence-corrected chi connectivity index (χ0v) is 21.0. The molecule has 35 heavy (non-hydrogen) atoms. The summed E-state index contributed by atoms with van der Waals surface area (Å²) in [5, 5.41) is 0. The van der Waals surface area contributed by atoms with Crippen LogP contribution in [-0.4, -0.2) is 23.5 Å². The summed E-state index contributed by atoms with van der Waals surface area (Å²) in [5.74, 6) is -0.211. The molecule has 0 saturated heterocycles. The van der Waals surface area contributed by atoms with E-state index in [2.05, 4.69) is 4.74 Å². The molecule has 0 aromatic heterocycles. The van der Waals surface area contributed by atoms with E-state index < -0.39 is 23.5 Å². The molecule has 0 amide bonds. The summed E-state index contributed by atoms with van der Waals surface area (Å²) in [7, 11) is 0. The number of benzene rings is 2. The van der Waals surface area contributed by atoms with Gasteiger partial charge in [-0.05, 0) is 77.6 Å². The molecule has 2 aliphatic rings. The normalized spacial score (nSPS) is 12.9. The highest BCUT2D eigenvalue weighted by molar-refractivity contribution is 5.77. The molecule has 0 saturated carbocycles. The van der Waals surface area contributed by atoms with Crippen LogP contribution in [0.3, 0.4) is 0 Å². The lowest BCUT2D eigenvalue weighted by molar-refractivity contribution is -0.0293. The molecule has 2 aromatic carbocycles. The molecule has 188 valence electrons. The van der Waals surface area contributed by atoms with E-state index in [9.17, 15) is 18.4 Å². The van der Waals surface area contributed by atoms with Crippen molar-refractivity contribution in [3.05, 3.63) is 82.4 Å². The molecule has 0 fully saturated rings. The first-order valence-electron chi connectivity index (χ1n) is 11.3. The van der Waals surface area contributed by atoms with E-state index in [-0.39, 0.29) is 11.6 Å². The quantitative estimate of drug-likeness (QED) is 0.282. The molecule has 0 atom stereocenters. The maximum Gasteiger partial charge on any atom is 0.519 e. The van der Waals surface area contributed by atoms with Crippen molar-refractivity contribution in [1.82, 2.24) is 0 Å². The van der Waals surface area contributed by atoms with E-state index in [1.165, 1.54) is 12.1 Å². The Morgan fingerprint density at radius 1 is 0.686 bits per heavy atom. The monoisotopic (exact) mass is 486 g/mol. The molecule has 0 bridgehead atoms. The molecule has 7 heteroatoms. The molecule has 0 radical (unpaired) electrons. The van der Waals surface area contributed by atoms with Gasteiger partial charge in [-0.15, -0.1) is 0 Å². The van der Waals surface area contributed by atoms with Crippen molar-refractivity contribution in [3.8, 4) is 0 Å². The number of hydrogen-bond acceptors (Lipinski definition) is 5. The first-order chi connectivity index (χ1) is 16.2. The SMILES string of the molecule is CC(C)(C)OC(=O)OC(=O)OC(C)(C)C.Fc1cccc2c1C=CC2.Fc1cccc2c1C=CC2. The van der Waals surface area contributed by atoms with Gasteiger partial charge in [-0.25, -0.2) is 18.4 Å². The molecule has 0 spiro atoms. The third-order valence-corrected chi connectivity index (χ3v) is 4.48. The highest BCUT2D eigenvalue weighted by atomic mass is 19.1. The molecule has 4 rings (SSSR count). The molecule has 0 heterocycles. The van der Waals surface area contributed by atoms with Gasteiger partial charge in [-0.3, -0.25) is 0 Å². The van der Waals surface area contributed by atoms with Gasteiger partial charge in [0.15, 0.2) is 0 Å². The zero-order chi connectivity index (χ0) is 26.2. The Labute approximate surface area is 205 Å². The Morgan fingerprint density at radius 2 is 1.06 bits per heavy atom. The van der Waals surface area contributed by atoms with Crippen molar-refractivity contribution in [2.75, 3.05) is 0 Å². The Kier molecular flexibility index (Phi) is 9.34. The second kappa shape index (κ2) is 11.8. The van der Waals surface area contributed by atoms with Crippen molar-refractivity contribution in [2.45, 2.75) is 65.6 Å². The molecule has 2 aromatic rings. The number of carbonyl (C=O) groups is 2. The third-order valence-electron chi connectivity index (χ3n) is 4.48. The first kappa shape index (κ1) is 27.8. The van der Waals surface area contributed by atoms with Gasteiger partial charge in [0.2, 0.25) is 0 Å². The Morgan fingerprint density at radius 3 is 1.37 bits per heavy atom. The Balaban J connectivity index is 0.000000190. The van der Waals surface area contributed by atoms with Crippen LogP contribution in [0.15, 0.2) is 48.6 Å². The van der Waals surface area contributed by atoms with Gasteiger partial charge in [0.05, 0.1) is 0 Å². The number of hydrogen-bond donors (Lipinski definition) is 0. The summed E-state index contributed by atoms with van der Waals surface area (Å²) >= 11 is 0. The highest BCUT2D eigenvalue weighted by Gasteiger charge is 2.24. The lowest BCUT2D eigenvalue weighted by atomic mass is 10.1. The van der Waals surface area contributed by atoms with Crippen LogP contribution in [0.2, 0.25) is 0 Å². The van der Waals surface area contributed by atoms with E-state index in [1.54, 1.807) is 53.7 Å². The van der Waals surface area contributed by atoms with E-state index >= 15 is 0 Å². The molecule has 5 nitrogen and oxygen atoms in total. The highest BCUT2D eigenvalue weighted by Crippen LogP contribution is 2.22. The lowest BCUT2D eigenvalue weighted by Crippen LogP contribution is -2.29. The fourth-order valence-electron chi connectivity index (χ4n) is 3.11. The number of ether oxygens (including phenoxy) is 3. The predicted octanol–water partition coefficient (Wildman–Crippen LogP) is 7.66. The van der Waals surface area contributed by atoms with Gasteiger partial charge in [0, 0.05) is 11.1 Å². The van der Waals surface area contributed by atoms with E-state index in [0.717, 1.165) is 35.1 Å². The maximum atomic E-state index is 12.8. The van der Waals surface area contributed by atoms with Crippen LogP contribution < -0.4 is 0 Å². The number of fused-ring (bicyclic) bond motifs is 2. The predicted molar refractivity (Wildman–Crippen MR) is 132 cm³/mol. The zero-order valence-electron chi connectivity index (χ0n) is 21.0. The second-order valence-electron chi connectivity index (χ2n) is 9.87. The maximum absolute atomic E-state index is 12.8. The average molecular weight is 487 g/mol. The topological polar surface area (TPSA) is 61.8 Å². The number of carbonyl (C=O) groups excluding carboxylic acids is 2. The second-order valence-corrected chi connectivity index (χ2v) is 9.87. The van der Waals surface area contributed by atoms with Crippen molar-refractivity contribution in [1.29, 1.82) is 0 Å². The van der Waals surface area contributed by atoms with Crippen LogP contribution in [0, 0.1) is 11.6 Å². The van der Waals surface area contributed by atoms with Crippen molar-refractivity contribution in [3.63, 3.8) is 0 Å².